The summed E-state index contributed by atoms with van der Waals surface area (Å²) in [4.78, 5) is 10.5. The van der Waals surface area contributed by atoms with Gasteiger partial charge in [0.25, 0.3) is 0 Å². The number of aliphatic hydroxyl groups excluding tert-OH is 1. The first kappa shape index (κ1) is 25.5. The average Bonchev–Trinajstić information content (AvgIpc) is 2.52. The molecule has 6 heteroatoms. The van der Waals surface area contributed by atoms with Crippen LogP contribution >= 0.6 is 0 Å². The van der Waals surface area contributed by atoms with Crippen molar-refractivity contribution in [2.24, 2.45) is 5.73 Å². The van der Waals surface area contributed by atoms with E-state index in [1.807, 2.05) is 0 Å². The topological polar surface area (TPSA) is 111 Å². The van der Waals surface area contributed by atoms with E-state index in [2.05, 4.69) is 6.92 Å². The third-order valence-electron chi connectivity index (χ3n) is 3.83. The highest BCUT2D eigenvalue weighted by Gasteiger charge is 1.99. The maximum absolute atomic E-state index is 10.5. The van der Waals surface area contributed by atoms with Crippen molar-refractivity contribution in [2.75, 3.05) is 13.1 Å². The van der Waals surface area contributed by atoms with Gasteiger partial charge in [0, 0.05) is 6.42 Å². The quantitative estimate of drug-likeness (QED) is 0.206. The molecule has 1 amide bonds. The van der Waals surface area contributed by atoms with E-state index in [-0.39, 0.29) is 17.5 Å². The number of hydroxylamine groups is 2. The highest BCUT2D eigenvalue weighted by Crippen LogP contribution is 2.11. The van der Waals surface area contributed by atoms with Gasteiger partial charge in [0.15, 0.2) is 0 Å². The third-order valence-corrected chi connectivity index (χ3v) is 3.83. The molecule has 0 fully saturated rings. The molecule has 0 heterocycles. The number of rotatable bonds is 15. The first-order chi connectivity index (χ1) is 11.4. The Morgan fingerprint density at radius 1 is 0.917 bits per heavy atom. The summed E-state index contributed by atoms with van der Waals surface area (Å²) in [5.74, 6) is -0.157. The van der Waals surface area contributed by atoms with Crippen LogP contribution in [-0.2, 0) is 4.79 Å². The van der Waals surface area contributed by atoms with Gasteiger partial charge in [-0.3, -0.25) is 4.79 Å². The molecule has 1 unspecified atom stereocenters. The molecule has 0 saturated carbocycles. The number of amides is 1. The molecule has 0 aliphatic heterocycles. The van der Waals surface area contributed by atoms with Gasteiger partial charge in [-0.1, -0.05) is 71.1 Å². The normalized spacial score (nSPS) is 11.9. The Labute approximate surface area is 148 Å². The molecule has 0 rings (SSSR count). The zero-order valence-corrected chi connectivity index (χ0v) is 15.8. The van der Waals surface area contributed by atoms with Gasteiger partial charge < -0.3 is 26.2 Å². The van der Waals surface area contributed by atoms with Crippen LogP contribution in [0, 0.1) is 5.21 Å². The molecule has 146 valence electrons. The molecule has 0 radical (unpaired) electrons. The maximum atomic E-state index is 10.5. The molecule has 0 aliphatic rings. The van der Waals surface area contributed by atoms with E-state index in [9.17, 15) is 10.0 Å². The highest BCUT2D eigenvalue weighted by atomic mass is 16.5. The number of likely N-dealkylation sites (N-methyl/N-ethyl adjacent to an activating group) is 1. The molecule has 24 heavy (non-hydrogen) atoms. The summed E-state index contributed by atoms with van der Waals surface area (Å²) in [6.07, 6.45) is 13.5. The van der Waals surface area contributed by atoms with E-state index in [1.54, 1.807) is 6.92 Å². The minimum absolute atomic E-state index is 0.125. The Morgan fingerprint density at radius 2 is 1.33 bits per heavy atom. The van der Waals surface area contributed by atoms with Crippen LogP contribution in [-0.4, -0.2) is 35.5 Å². The largest absolute Gasteiger partial charge is 0.634 e. The second-order valence-electron chi connectivity index (χ2n) is 6.33. The van der Waals surface area contributed by atoms with Crippen molar-refractivity contribution < 1.29 is 20.1 Å². The summed E-state index contributed by atoms with van der Waals surface area (Å²) in [6.45, 7) is 4.17. The summed E-state index contributed by atoms with van der Waals surface area (Å²) in [7, 11) is 0. The Hall–Kier alpha value is -0.690. The Morgan fingerprint density at radius 3 is 1.62 bits per heavy atom. The van der Waals surface area contributed by atoms with Crippen LogP contribution in [0.25, 0.3) is 0 Å². The van der Waals surface area contributed by atoms with Gasteiger partial charge in [-0.05, 0) is 13.3 Å². The van der Waals surface area contributed by atoms with E-state index < -0.39 is 6.29 Å². The van der Waals surface area contributed by atoms with Crippen LogP contribution < -0.4 is 10.8 Å². The standard InChI is InChI=1S/C14H29NO.C4H11NO3/c1-2-3-4-5-6-7-8-9-10-11-12-13-14(15)16;1-2-5(8)3-4(6)7/h2-13H2,1H3,(H2,15,16);4-7H,2-3H2,1H3. The molecule has 0 bridgehead atoms. The first-order valence-corrected chi connectivity index (χ1v) is 9.60. The summed E-state index contributed by atoms with van der Waals surface area (Å²) in [5, 5.41) is 26.6. The van der Waals surface area contributed by atoms with Crippen LogP contribution in [0.15, 0.2) is 0 Å². The predicted octanol–water partition coefficient (Wildman–Crippen LogP) is 1.87. The zero-order valence-electron chi connectivity index (χ0n) is 15.8. The maximum Gasteiger partial charge on any atom is 0.217 e. The second kappa shape index (κ2) is 20.4. The molecular formula is C18H40N2O4. The zero-order chi connectivity index (χ0) is 18.6. The number of carbonyl (C=O) groups excluding carboxylic acids is 1. The van der Waals surface area contributed by atoms with Gasteiger partial charge in [0.2, 0.25) is 12.2 Å². The van der Waals surface area contributed by atoms with E-state index in [0.717, 1.165) is 6.42 Å². The van der Waals surface area contributed by atoms with Crippen LogP contribution in [0.4, 0.5) is 0 Å². The number of hydrogen-bond donors (Lipinski definition) is 4. The number of aliphatic hydroxyl groups is 2. The monoisotopic (exact) mass is 348 g/mol. The number of primary amides is 1. The fourth-order valence-electron chi connectivity index (χ4n) is 2.31. The van der Waals surface area contributed by atoms with Gasteiger partial charge >= 0.3 is 0 Å². The fourth-order valence-corrected chi connectivity index (χ4v) is 2.31. The number of nitrogens with two attached hydrogens (primary N) is 1. The van der Waals surface area contributed by atoms with Crippen LogP contribution in [0.1, 0.15) is 90.9 Å². The van der Waals surface area contributed by atoms with Crippen molar-refractivity contribution in [1.82, 2.24) is 0 Å². The molecule has 0 aromatic rings. The third kappa shape index (κ3) is 26.2. The lowest BCUT2D eigenvalue weighted by Crippen LogP contribution is -3.08. The van der Waals surface area contributed by atoms with Crippen molar-refractivity contribution in [1.29, 1.82) is 0 Å². The van der Waals surface area contributed by atoms with Crippen molar-refractivity contribution >= 4 is 5.91 Å². The number of carbonyl (C=O) groups is 1. The molecule has 1 atom stereocenters. The van der Waals surface area contributed by atoms with Gasteiger partial charge in [-0.15, -0.1) is 0 Å². The number of hydrogen-bond acceptors (Lipinski definition) is 4. The molecule has 0 saturated heterocycles. The van der Waals surface area contributed by atoms with Crippen LogP contribution in [0.3, 0.4) is 0 Å². The van der Waals surface area contributed by atoms with Gasteiger partial charge in [-0.2, -0.15) is 0 Å². The average molecular weight is 349 g/mol. The smallest absolute Gasteiger partial charge is 0.217 e. The molecule has 0 aliphatic carbocycles. The molecule has 0 aromatic carbocycles. The number of quaternary nitrogens is 1. The number of unbranched alkanes of at least 4 members (excludes halogenated alkanes) is 10. The van der Waals surface area contributed by atoms with Crippen molar-refractivity contribution in [3.8, 4) is 0 Å². The van der Waals surface area contributed by atoms with Crippen LogP contribution in [0.5, 0.6) is 0 Å². The lowest BCUT2D eigenvalue weighted by molar-refractivity contribution is -0.852. The highest BCUT2D eigenvalue weighted by molar-refractivity contribution is 5.73. The van der Waals surface area contributed by atoms with Gasteiger partial charge in [-0.25, -0.2) is 0 Å². The molecule has 5 N–H and O–H groups in total. The predicted molar refractivity (Wildman–Crippen MR) is 98.2 cm³/mol. The fraction of sp³-hybridized carbons (Fsp3) is 0.944. The Kier molecular flexibility index (Phi) is 21.7. The summed E-state index contributed by atoms with van der Waals surface area (Å²) in [5.41, 5.74) is 5.07. The molecule has 0 aromatic heterocycles. The van der Waals surface area contributed by atoms with Gasteiger partial charge in [0.1, 0.15) is 6.54 Å². The summed E-state index contributed by atoms with van der Waals surface area (Å²) < 4.78 is 0. The summed E-state index contributed by atoms with van der Waals surface area (Å²) in [6, 6.07) is 0. The Balaban J connectivity index is 0. The van der Waals surface area contributed by atoms with E-state index in [0.29, 0.717) is 13.0 Å². The second-order valence-corrected chi connectivity index (χ2v) is 6.33. The number of nitrogens with one attached hydrogen (secondary N) is 1. The minimum atomic E-state index is -1.47. The van der Waals surface area contributed by atoms with Crippen molar-refractivity contribution in [2.45, 2.75) is 97.2 Å². The SMILES string of the molecule is CCCCCCCCCCCCCC(N)=O.CC[NH+]([O-])CC(O)O. The molecular weight excluding hydrogens is 308 g/mol. The lowest BCUT2D eigenvalue weighted by atomic mass is 10.1. The van der Waals surface area contributed by atoms with E-state index >= 15 is 0 Å². The van der Waals surface area contributed by atoms with E-state index in [4.69, 9.17) is 15.9 Å². The lowest BCUT2D eigenvalue weighted by Gasteiger charge is -2.20. The first-order valence-electron chi connectivity index (χ1n) is 9.60. The molecule has 0 spiro atoms. The van der Waals surface area contributed by atoms with Crippen molar-refractivity contribution in [3.05, 3.63) is 5.21 Å². The summed E-state index contributed by atoms with van der Waals surface area (Å²) >= 11 is 0. The van der Waals surface area contributed by atoms with E-state index in [1.165, 1.54) is 64.2 Å². The Bertz CT molecular complexity index is 263. The van der Waals surface area contributed by atoms with Crippen LogP contribution in [0.2, 0.25) is 0 Å². The molecule has 6 nitrogen and oxygen atoms in total. The van der Waals surface area contributed by atoms with Crippen molar-refractivity contribution in [3.63, 3.8) is 0 Å². The minimum Gasteiger partial charge on any atom is -0.634 e. The van der Waals surface area contributed by atoms with Gasteiger partial charge in [0.05, 0.1) is 6.54 Å².